The summed E-state index contributed by atoms with van der Waals surface area (Å²) in [6.07, 6.45) is 2.90. The van der Waals surface area contributed by atoms with Crippen molar-refractivity contribution in [3.05, 3.63) is 59.3 Å². The summed E-state index contributed by atoms with van der Waals surface area (Å²) < 4.78 is 26.4. The minimum atomic E-state index is -0.920. The van der Waals surface area contributed by atoms with Gasteiger partial charge in [-0.3, -0.25) is 4.79 Å². The van der Waals surface area contributed by atoms with E-state index >= 15 is 0 Å². The molecule has 1 fully saturated rings. The van der Waals surface area contributed by atoms with Gasteiger partial charge in [0.2, 0.25) is 5.91 Å². The average molecular weight is 370 g/mol. The number of benzene rings is 1. The van der Waals surface area contributed by atoms with Crippen molar-refractivity contribution in [2.24, 2.45) is 5.92 Å². The summed E-state index contributed by atoms with van der Waals surface area (Å²) in [5.74, 6) is -1.24. The quantitative estimate of drug-likeness (QED) is 0.896. The van der Waals surface area contributed by atoms with E-state index in [9.17, 15) is 13.6 Å². The fraction of sp³-hybridized carbons (Fsp3) is 0.350. The molecule has 5 nitrogen and oxygen atoms in total. The molecule has 3 rings (SSSR count). The van der Waals surface area contributed by atoms with E-state index in [2.05, 4.69) is 15.2 Å². The Bertz CT molecular complexity index is 855. The number of nitriles is 1. The Morgan fingerprint density at radius 3 is 2.59 bits per heavy atom. The zero-order chi connectivity index (χ0) is 19.4. The summed E-state index contributed by atoms with van der Waals surface area (Å²) in [6, 6.07) is 8.83. The van der Waals surface area contributed by atoms with Crippen molar-refractivity contribution in [2.45, 2.75) is 25.8 Å². The van der Waals surface area contributed by atoms with Gasteiger partial charge in [-0.1, -0.05) is 6.07 Å². The second-order valence-corrected chi connectivity index (χ2v) is 6.68. The van der Waals surface area contributed by atoms with Gasteiger partial charge in [0.1, 0.15) is 11.9 Å². The van der Waals surface area contributed by atoms with E-state index in [1.54, 1.807) is 13.0 Å². The van der Waals surface area contributed by atoms with Crippen LogP contribution in [0.2, 0.25) is 0 Å². The number of anilines is 1. The summed E-state index contributed by atoms with van der Waals surface area (Å²) in [5.41, 5.74) is 1.04. The zero-order valence-electron chi connectivity index (χ0n) is 15.0. The molecular weight excluding hydrogens is 350 g/mol. The van der Waals surface area contributed by atoms with Gasteiger partial charge in [-0.2, -0.15) is 5.26 Å². The Kier molecular flexibility index (Phi) is 5.65. The van der Waals surface area contributed by atoms with Gasteiger partial charge in [-0.05, 0) is 49.6 Å². The molecule has 1 amide bonds. The number of nitrogens with one attached hydrogen (secondary N) is 1. The highest BCUT2D eigenvalue weighted by molar-refractivity contribution is 5.79. The number of pyridine rings is 1. The molecule has 1 aromatic carbocycles. The first-order valence-corrected chi connectivity index (χ1v) is 8.84. The van der Waals surface area contributed by atoms with E-state index in [4.69, 9.17) is 5.26 Å². The number of hydrogen-bond donors (Lipinski definition) is 1. The van der Waals surface area contributed by atoms with E-state index in [-0.39, 0.29) is 11.8 Å². The summed E-state index contributed by atoms with van der Waals surface area (Å²) >= 11 is 0. The van der Waals surface area contributed by atoms with Crippen LogP contribution in [0.5, 0.6) is 0 Å². The van der Waals surface area contributed by atoms with E-state index in [0.29, 0.717) is 37.1 Å². The topological polar surface area (TPSA) is 69.0 Å². The highest BCUT2D eigenvalue weighted by atomic mass is 19.2. The lowest BCUT2D eigenvalue weighted by atomic mass is 9.95. The van der Waals surface area contributed by atoms with Gasteiger partial charge in [0.25, 0.3) is 0 Å². The van der Waals surface area contributed by atoms with Gasteiger partial charge in [0.15, 0.2) is 11.6 Å². The first kappa shape index (κ1) is 18.8. The van der Waals surface area contributed by atoms with Crippen molar-refractivity contribution >= 4 is 11.7 Å². The lowest BCUT2D eigenvalue weighted by molar-refractivity contribution is -0.126. The van der Waals surface area contributed by atoms with Crippen LogP contribution in [-0.4, -0.2) is 24.0 Å². The third-order valence-electron chi connectivity index (χ3n) is 4.87. The molecule has 1 aromatic heterocycles. The molecule has 27 heavy (non-hydrogen) atoms. The number of amides is 1. The van der Waals surface area contributed by atoms with Gasteiger partial charge in [-0.15, -0.1) is 0 Å². The minimum absolute atomic E-state index is 0.0836. The SMILES string of the molecule is CC(NC(=O)C1CCN(c2ccc(C#N)cn2)CC1)c1ccc(F)c(F)c1. The van der Waals surface area contributed by atoms with Crippen molar-refractivity contribution in [3.8, 4) is 6.07 Å². The minimum Gasteiger partial charge on any atom is -0.357 e. The fourth-order valence-electron chi connectivity index (χ4n) is 3.21. The number of piperidine rings is 1. The number of hydrogen-bond acceptors (Lipinski definition) is 4. The standard InChI is InChI=1S/C20H20F2N4O/c1-13(16-3-4-17(21)18(22)10-16)25-20(27)15-6-8-26(9-7-15)19-5-2-14(11-23)12-24-19/h2-5,10,12-13,15H,6-9H2,1H3,(H,25,27). The summed E-state index contributed by atoms with van der Waals surface area (Å²) in [5, 5.41) is 11.7. The number of halogens is 2. The highest BCUT2D eigenvalue weighted by Gasteiger charge is 2.26. The van der Waals surface area contributed by atoms with Crippen molar-refractivity contribution in [1.82, 2.24) is 10.3 Å². The Labute approximate surface area is 156 Å². The lowest BCUT2D eigenvalue weighted by Gasteiger charge is -2.32. The second-order valence-electron chi connectivity index (χ2n) is 6.68. The monoisotopic (exact) mass is 370 g/mol. The molecule has 1 atom stereocenters. The van der Waals surface area contributed by atoms with Gasteiger partial charge in [0.05, 0.1) is 11.6 Å². The van der Waals surface area contributed by atoms with Gasteiger partial charge in [0, 0.05) is 25.2 Å². The van der Waals surface area contributed by atoms with E-state index in [0.717, 1.165) is 18.0 Å². The largest absolute Gasteiger partial charge is 0.357 e. The molecule has 7 heteroatoms. The predicted molar refractivity (Wildman–Crippen MR) is 96.8 cm³/mol. The van der Waals surface area contributed by atoms with Gasteiger partial charge < -0.3 is 10.2 Å². The lowest BCUT2D eigenvalue weighted by Crippen LogP contribution is -2.41. The van der Waals surface area contributed by atoms with Crippen molar-refractivity contribution < 1.29 is 13.6 Å². The van der Waals surface area contributed by atoms with Crippen molar-refractivity contribution in [1.29, 1.82) is 5.26 Å². The van der Waals surface area contributed by atoms with E-state index in [1.165, 1.54) is 12.3 Å². The first-order valence-electron chi connectivity index (χ1n) is 8.84. The average Bonchev–Trinajstić information content (AvgIpc) is 2.70. The molecule has 1 unspecified atom stereocenters. The summed E-state index contributed by atoms with van der Waals surface area (Å²) in [7, 11) is 0. The molecule has 0 radical (unpaired) electrons. The zero-order valence-corrected chi connectivity index (χ0v) is 15.0. The van der Waals surface area contributed by atoms with Crippen LogP contribution in [-0.2, 0) is 4.79 Å². The van der Waals surface area contributed by atoms with Crippen molar-refractivity contribution in [3.63, 3.8) is 0 Å². The number of aromatic nitrogens is 1. The van der Waals surface area contributed by atoms with Gasteiger partial charge in [-0.25, -0.2) is 13.8 Å². The molecule has 0 saturated carbocycles. The molecule has 1 aliphatic heterocycles. The Balaban J connectivity index is 1.54. The third-order valence-corrected chi connectivity index (χ3v) is 4.87. The maximum Gasteiger partial charge on any atom is 0.223 e. The Hall–Kier alpha value is -3.01. The van der Waals surface area contributed by atoms with Crippen LogP contribution in [0.15, 0.2) is 36.5 Å². The van der Waals surface area contributed by atoms with Crippen LogP contribution < -0.4 is 10.2 Å². The first-order chi connectivity index (χ1) is 13.0. The predicted octanol–water partition coefficient (Wildman–Crippen LogP) is 3.33. The molecule has 0 bridgehead atoms. The molecule has 1 N–H and O–H groups in total. The van der Waals surface area contributed by atoms with Gasteiger partial charge >= 0.3 is 0 Å². The maximum atomic E-state index is 13.4. The molecule has 140 valence electrons. The molecule has 1 aliphatic rings. The smallest absolute Gasteiger partial charge is 0.223 e. The Morgan fingerprint density at radius 2 is 2.00 bits per heavy atom. The van der Waals surface area contributed by atoms with Crippen LogP contribution in [0.25, 0.3) is 0 Å². The molecular formula is C20H20F2N4O. The molecule has 0 spiro atoms. The van der Waals surface area contributed by atoms with Crippen LogP contribution in [0.4, 0.5) is 14.6 Å². The number of carbonyl (C=O) groups excluding carboxylic acids is 1. The van der Waals surface area contributed by atoms with Crippen LogP contribution in [0.3, 0.4) is 0 Å². The van der Waals surface area contributed by atoms with Crippen LogP contribution in [0, 0.1) is 28.9 Å². The number of rotatable bonds is 4. The summed E-state index contributed by atoms with van der Waals surface area (Å²) in [6.45, 7) is 3.13. The third kappa shape index (κ3) is 4.40. The Morgan fingerprint density at radius 1 is 1.26 bits per heavy atom. The van der Waals surface area contributed by atoms with Crippen molar-refractivity contribution in [2.75, 3.05) is 18.0 Å². The molecule has 2 aromatic rings. The number of nitrogens with zero attached hydrogens (tertiary/aromatic N) is 3. The van der Waals surface area contributed by atoms with E-state index < -0.39 is 17.7 Å². The summed E-state index contributed by atoms with van der Waals surface area (Å²) in [4.78, 5) is 18.9. The number of carbonyl (C=O) groups is 1. The van der Waals surface area contributed by atoms with Crippen LogP contribution in [0.1, 0.15) is 36.9 Å². The maximum absolute atomic E-state index is 13.4. The second kappa shape index (κ2) is 8.12. The molecule has 0 aliphatic carbocycles. The molecule has 1 saturated heterocycles. The van der Waals surface area contributed by atoms with E-state index in [1.807, 2.05) is 12.1 Å². The molecule has 2 heterocycles. The normalized spacial score (nSPS) is 15.9. The highest BCUT2D eigenvalue weighted by Crippen LogP contribution is 2.23. The van der Waals surface area contributed by atoms with Crippen LogP contribution >= 0.6 is 0 Å². The fourth-order valence-corrected chi connectivity index (χ4v) is 3.21.